The van der Waals surface area contributed by atoms with E-state index in [1.54, 1.807) is 37.0 Å². The van der Waals surface area contributed by atoms with Crippen LogP contribution in [0.2, 0.25) is 0 Å². The van der Waals surface area contributed by atoms with Gasteiger partial charge in [0.1, 0.15) is 11.7 Å². The van der Waals surface area contributed by atoms with E-state index in [0.29, 0.717) is 36.4 Å². The Morgan fingerprint density at radius 1 is 1.23 bits per heavy atom. The molecule has 2 rings (SSSR count). The van der Waals surface area contributed by atoms with E-state index >= 15 is 0 Å². The summed E-state index contributed by atoms with van der Waals surface area (Å²) < 4.78 is 20.2. The van der Waals surface area contributed by atoms with Gasteiger partial charge in [-0.2, -0.15) is 0 Å². The average molecular weight is 542 g/mol. The van der Waals surface area contributed by atoms with Crippen molar-refractivity contribution < 1.29 is 23.8 Å². The molecule has 212 valence electrons. The van der Waals surface area contributed by atoms with Crippen LogP contribution in [0.5, 0.6) is 0 Å². The van der Waals surface area contributed by atoms with Crippen LogP contribution < -0.4 is 5.32 Å². The first-order valence-corrected chi connectivity index (χ1v) is 12.9. The van der Waals surface area contributed by atoms with Gasteiger partial charge in [-0.15, -0.1) is 0 Å². The van der Waals surface area contributed by atoms with Crippen molar-refractivity contribution in [3.8, 4) is 0 Å². The largest absolute Gasteiger partial charge is 0.449 e. The Morgan fingerprint density at radius 2 is 1.92 bits per heavy atom. The van der Waals surface area contributed by atoms with Crippen molar-refractivity contribution in [2.24, 2.45) is 5.92 Å². The van der Waals surface area contributed by atoms with E-state index in [0.717, 1.165) is 17.5 Å². The van der Waals surface area contributed by atoms with Crippen molar-refractivity contribution >= 4 is 24.2 Å². The number of aliphatic hydroxyl groups excluding tert-OH is 1. The fourth-order valence-electron chi connectivity index (χ4n) is 3.83. The van der Waals surface area contributed by atoms with Crippen molar-refractivity contribution in [2.75, 3.05) is 19.8 Å². The predicted molar refractivity (Wildman–Crippen MR) is 150 cm³/mol. The Hall–Kier alpha value is -3.79. The van der Waals surface area contributed by atoms with Crippen LogP contribution in [0.3, 0.4) is 0 Å². The lowest BCUT2D eigenvalue weighted by atomic mass is 9.96. The molecule has 0 saturated heterocycles. The van der Waals surface area contributed by atoms with Gasteiger partial charge in [0.05, 0.1) is 31.2 Å². The molecule has 0 aromatic heterocycles. The van der Waals surface area contributed by atoms with Crippen LogP contribution in [-0.2, 0) is 17.7 Å². The summed E-state index contributed by atoms with van der Waals surface area (Å²) in [7, 11) is 0. The number of nitrogens with one attached hydrogen (secondary N) is 3. The van der Waals surface area contributed by atoms with Gasteiger partial charge in [-0.25, -0.2) is 9.18 Å². The fraction of sp³-hybridized carbons (Fsp3) is 0.448. The van der Waals surface area contributed by atoms with Gasteiger partial charge in [0, 0.05) is 18.8 Å². The number of amidine groups is 1. The predicted octanol–water partition coefficient (Wildman–Crippen LogP) is 4.77. The molecule has 0 saturated carbocycles. The normalized spacial score (nSPS) is 14.1. The van der Waals surface area contributed by atoms with Gasteiger partial charge in [-0.1, -0.05) is 31.6 Å². The number of hydrogen-bond acceptors (Lipinski definition) is 6. The standard InChI is InChI=1S/C29H40FN5O4/c1-18(2)16-39-29(38)34-11-10-22-13-25(30)24(12-23(22)14-34)28(37)33-26(19(3)4)9-7-8-20(5)27(32)35(17-31)21(6)15-36/h7-9,12-13,17-18,21,31-32,36H,10-11,14-16H2,1-6H3,(H,33,37)/b9-7-,20-8+,31-17?,32-27?. The molecule has 1 heterocycles. The maximum Gasteiger partial charge on any atom is 0.410 e. The summed E-state index contributed by atoms with van der Waals surface area (Å²) in [6.07, 6.45) is 6.00. The molecule has 2 amide bonds. The van der Waals surface area contributed by atoms with Gasteiger partial charge in [-0.3, -0.25) is 15.6 Å². The van der Waals surface area contributed by atoms with Crippen molar-refractivity contribution in [1.29, 1.82) is 10.8 Å². The van der Waals surface area contributed by atoms with Gasteiger partial charge in [0.2, 0.25) is 0 Å². The summed E-state index contributed by atoms with van der Waals surface area (Å²) in [6.45, 7) is 11.7. The number of fused-ring (bicyclic) bond motifs is 1. The lowest BCUT2D eigenvalue weighted by molar-refractivity contribution is 0.0879. The van der Waals surface area contributed by atoms with Gasteiger partial charge >= 0.3 is 6.09 Å². The fourth-order valence-corrected chi connectivity index (χ4v) is 3.83. The molecule has 10 heteroatoms. The van der Waals surface area contributed by atoms with Gasteiger partial charge in [0.15, 0.2) is 0 Å². The second kappa shape index (κ2) is 14.4. The van der Waals surface area contributed by atoms with E-state index in [2.05, 4.69) is 5.32 Å². The molecule has 0 fully saturated rings. The number of amides is 2. The van der Waals surface area contributed by atoms with E-state index in [-0.39, 0.29) is 30.5 Å². The summed E-state index contributed by atoms with van der Waals surface area (Å²) in [6, 6.07) is 2.44. The van der Waals surface area contributed by atoms with Gasteiger partial charge < -0.3 is 25.0 Å². The molecule has 9 nitrogen and oxygen atoms in total. The molecule has 4 N–H and O–H groups in total. The molecule has 39 heavy (non-hydrogen) atoms. The Morgan fingerprint density at radius 3 is 2.51 bits per heavy atom. The number of aliphatic hydroxyl groups is 1. The van der Waals surface area contributed by atoms with E-state index in [1.165, 1.54) is 17.0 Å². The lowest BCUT2D eigenvalue weighted by Crippen LogP contribution is -2.39. The van der Waals surface area contributed by atoms with Crippen LogP contribution in [0.25, 0.3) is 0 Å². The molecule has 1 atom stereocenters. The SMILES string of the molecule is CC(C)=C(/C=C\C=C(/C)C(=N)N(C=N)C(C)CO)NC(=O)c1cc2c(cc1F)CCN(C(=O)OCC(C)C)C2. The molecule has 1 aromatic carbocycles. The number of allylic oxidation sites excluding steroid dienone is 4. The average Bonchev–Trinajstić information content (AvgIpc) is 2.90. The molecular formula is C29H40FN5O4. The molecule has 1 unspecified atom stereocenters. The Balaban J connectivity index is 2.18. The molecule has 1 aromatic rings. The number of nitrogens with zero attached hydrogens (tertiary/aromatic N) is 2. The van der Waals surface area contributed by atoms with Crippen LogP contribution in [0.1, 0.15) is 63.0 Å². The molecule has 1 aliphatic heterocycles. The van der Waals surface area contributed by atoms with Crippen molar-refractivity contribution in [2.45, 2.75) is 60.5 Å². The highest BCUT2D eigenvalue weighted by atomic mass is 19.1. The summed E-state index contributed by atoms with van der Waals surface area (Å²) in [5, 5.41) is 27.9. The summed E-state index contributed by atoms with van der Waals surface area (Å²) >= 11 is 0. The second-order valence-electron chi connectivity index (χ2n) is 10.2. The third-order valence-electron chi connectivity index (χ3n) is 6.25. The zero-order valence-corrected chi connectivity index (χ0v) is 23.6. The Bertz CT molecular complexity index is 1180. The van der Waals surface area contributed by atoms with Crippen molar-refractivity contribution in [3.05, 3.63) is 69.7 Å². The van der Waals surface area contributed by atoms with Gasteiger partial charge in [0.25, 0.3) is 5.91 Å². The maximum atomic E-state index is 14.9. The summed E-state index contributed by atoms with van der Waals surface area (Å²) in [4.78, 5) is 28.4. The number of carbonyl (C=O) groups is 2. The monoisotopic (exact) mass is 541 g/mol. The first-order chi connectivity index (χ1) is 18.4. The zero-order chi connectivity index (χ0) is 29.3. The quantitative estimate of drug-likeness (QED) is 0.193. The maximum absolute atomic E-state index is 14.9. The highest BCUT2D eigenvalue weighted by Gasteiger charge is 2.25. The van der Waals surface area contributed by atoms with E-state index in [1.807, 2.05) is 27.7 Å². The van der Waals surface area contributed by atoms with Crippen LogP contribution in [0, 0.1) is 22.6 Å². The minimum absolute atomic E-state index is 0.0669. The second-order valence-corrected chi connectivity index (χ2v) is 10.2. The third kappa shape index (κ3) is 8.61. The third-order valence-corrected chi connectivity index (χ3v) is 6.25. The number of rotatable bonds is 10. The number of benzene rings is 1. The number of ether oxygens (including phenoxy) is 1. The summed E-state index contributed by atoms with van der Waals surface area (Å²) in [5.41, 5.74) is 3.15. The van der Waals surface area contributed by atoms with E-state index in [4.69, 9.17) is 15.6 Å². The van der Waals surface area contributed by atoms with Crippen LogP contribution in [0.15, 0.2) is 47.2 Å². The minimum atomic E-state index is -0.631. The summed E-state index contributed by atoms with van der Waals surface area (Å²) in [5.74, 6) is -0.965. The van der Waals surface area contributed by atoms with Crippen LogP contribution >= 0.6 is 0 Å². The molecule has 0 radical (unpaired) electrons. The van der Waals surface area contributed by atoms with Crippen molar-refractivity contribution in [1.82, 2.24) is 15.1 Å². The highest BCUT2D eigenvalue weighted by molar-refractivity contribution is 6.01. The zero-order valence-electron chi connectivity index (χ0n) is 23.6. The first-order valence-electron chi connectivity index (χ1n) is 12.9. The Labute approximate surface area is 230 Å². The molecule has 0 bridgehead atoms. The van der Waals surface area contributed by atoms with Crippen LogP contribution in [-0.4, -0.2) is 64.9 Å². The van der Waals surface area contributed by atoms with Crippen LogP contribution in [0.4, 0.5) is 9.18 Å². The molecular weight excluding hydrogens is 501 g/mol. The molecule has 0 spiro atoms. The van der Waals surface area contributed by atoms with E-state index in [9.17, 15) is 19.1 Å². The number of hydrogen-bond donors (Lipinski definition) is 4. The smallest absolute Gasteiger partial charge is 0.410 e. The number of halogens is 1. The van der Waals surface area contributed by atoms with Crippen molar-refractivity contribution in [3.63, 3.8) is 0 Å². The lowest BCUT2D eigenvalue weighted by Gasteiger charge is -2.29. The number of carbonyl (C=O) groups excluding carboxylic acids is 2. The molecule has 1 aliphatic rings. The topological polar surface area (TPSA) is 130 Å². The van der Waals surface area contributed by atoms with Gasteiger partial charge in [-0.05, 0) is 74.9 Å². The first kappa shape index (κ1) is 31.4. The molecule has 0 aliphatic carbocycles. The Kier molecular flexibility index (Phi) is 11.6. The van der Waals surface area contributed by atoms with E-state index < -0.39 is 23.9 Å². The minimum Gasteiger partial charge on any atom is -0.449 e. The highest BCUT2D eigenvalue weighted by Crippen LogP contribution is 2.24.